The summed E-state index contributed by atoms with van der Waals surface area (Å²) >= 11 is 0. The van der Waals surface area contributed by atoms with Crippen LogP contribution in [0.4, 0.5) is 0 Å². The maximum Gasteiger partial charge on any atom is 0.106 e. The van der Waals surface area contributed by atoms with Gasteiger partial charge in [-0.2, -0.15) is 0 Å². The van der Waals surface area contributed by atoms with Crippen molar-refractivity contribution in [1.29, 1.82) is 0 Å². The van der Waals surface area contributed by atoms with Gasteiger partial charge in [0.25, 0.3) is 0 Å². The third kappa shape index (κ3) is 2.13. The van der Waals surface area contributed by atoms with Crippen molar-refractivity contribution in [3.63, 3.8) is 0 Å². The number of nitrogens with two attached hydrogens (primary N) is 1. The van der Waals surface area contributed by atoms with Crippen molar-refractivity contribution >= 4 is 0 Å². The largest absolute Gasteiger partial charge is 0.394 e. The third-order valence-electron chi connectivity index (χ3n) is 1.94. The highest BCUT2D eigenvalue weighted by molar-refractivity contribution is 4.85. The first kappa shape index (κ1) is 8.93. The SMILES string of the molecule is NC[C@@]1(OCCO)CCOC1. The van der Waals surface area contributed by atoms with Gasteiger partial charge in [0.15, 0.2) is 0 Å². The average Bonchev–Trinajstić information content (AvgIpc) is 2.50. The summed E-state index contributed by atoms with van der Waals surface area (Å²) in [6.45, 7) is 2.13. The molecule has 1 atom stereocenters. The Morgan fingerprint density at radius 2 is 2.45 bits per heavy atom. The smallest absolute Gasteiger partial charge is 0.106 e. The molecule has 0 radical (unpaired) electrons. The summed E-state index contributed by atoms with van der Waals surface area (Å²) in [5, 5.41) is 8.53. The van der Waals surface area contributed by atoms with Gasteiger partial charge in [-0.15, -0.1) is 0 Å². The van der Waals surface area contributed by atoms with Crippen LogP contribution in [0.3, 0.4) is 0 Å². The molecule has 3 N–H and O–H groups in total. The molecule has 0 saturated carbocycles. The van der Waals surface area contributed by atoms with E-state index in [0.717, 1.165) is 6.42 Å². The van der Waals surface area contributed by atoms with Crippen LogP contribution in [-0.4, -0.2) is 43.7 Å². The first-order valence-corrected chi connectivity index (χ1v) is 3.86. The van der Waals surface area contributed by atoms with E-state index in [1.54, 1.807) is 0 Å². The summed E-state index contributed by atoms with van der Waals surface area (Å²) in [6, 6.07) is 0. The van der Waals surface area contributed by atoms with Crippen molar-refractivity contribution in [2.45, 2.75) is 12.0 Å². The lowest BCUT2D eigenvalue weighted by Crippen LogP contribution is -2.42. The minimum atomic E-state index is -0.317. The second-order valence-corrected chi connectivity index (χ2v) is 2.76. The number of rotatable bonds is 4. The lowest BCUT2D eigenvalue weighted by molar-refractivity contribution is -0.0545. The highest BCUT2D eigenvalue weighted by atomic mass is 16.6. The molecule has 0 bridgehead atoms. The van der Waals surface area contributed by atoms with Crippen LogP contribution < -0.4 is 5.73 Å². The van der Waals surface area contributed by atoms with E-state index in [9.17, 15) is 0 Å². The molecule has 1 rings (SSSR count). The van der Waals surface area contributed by atoms with Gasteiger partial charge in [0.2, 0.25) is 0 Å². The molecule has 1 aliphatic heterocycles. The second-order valence-electron chi connectivity index (χ2n) is 2.76. The van der Waals surface area contributed by atoms with E-state index in [1.165, 1.54) is 0 Å². The molecule has 1 heterocycles. The maximum absolute atomic E-state index is 8.53. The monoisotopic (exact) mass is 161 g/mol. The summed E-state index contributed by atoms with van der Waals surface area (Å²) in [6.07, 6.45) is 0.837. The van der Waals surface area contributed by atoms with Crippen LogP contribution in [-0.2, 0) is 9.47 Å². The zero-order valence-corrected chi connectivity index (χ0v) is 6.58. The predicted octanol–water partition coefficient (Wildman–Crippen LogP) is -0.887. The Labute approximate surface area is 66.3 Å². The molecule has 1 aliphatic rings. The van der Waals surface area contributed by atoms with Crippen molar-refractivity contribution in [2.75, 3.05) is 33.0 Å². The Morgan fingerprint density at radius 3 is 2.91 bits per heavy atom. The van der Waals surface area contributed by atoms with E-state index < -0.39 is 0 Å². The number of aliphatic hydroxyl groups is 1. The third-order valence-corrected chi connectivity index (χ3v) is 1.94. The Morgan fingerprint density at radius 1 is 1.64 bits per heavy atom. The molecule has 0 aromatic rings. The molecule has 4 nitrogen and oxygen atoms in total. The zero-order valence-electron chi connectivity index (χ0n) is 6.58. The summed E-state index contributed by atoms with van der Waals surface area (Å²) in [7, 11) is 0. The Bertz CT molecular complexity index is 112. The fraction of sp³-hybridized carbons (Fsp3) is 1.00. The first-order valence-electron chi connectivity index (χ1n) is 3.86. The van der Waals surface area contributed by atoms with E-state index in [1.807, 2.05) is 0 Å². The molecular weight excluding hydrogens is 146 g/mol. The second kappa shape index (κ2) is 4.01. The standard InChI is InChI=1S/C7H15NO3/c8-5-7(11-4-2-9)1-3-10-6-7/h9H,1-6,8H2/t7-/m0/s1. The zero-order chi connectivity index (χ0) is 8.16. The Kier molecular flexibility index (Phi) is 3.26. The van der Waals surface area contributed by atoms with Crippen molar-refractivity contribution in [3.8, 4) is 0 Å². The van der Waals surface area contributed by atoms with E-state index in [-0.39, 0.29) is 12.2 Å². The topological polar surface area (TPSA) is 64.7 Å². The van der Waals surface area contributed by atoms with Crippen molar-refractivity contribution in [2.24, 2.45) is 5.73 Å². The van der Waals surface area contributed by atoms with Crippen LogP contribution in [0.1, 0.15) is 6.42 Å². The van der Waals surface area contributed by atoms with E-state index >= 15 is 0 Å². The van der Waals surface area contributed by atoms with Crippen molar-refractivity contribution in [1.82, 2.24) is 0 Å². The van der Waals surface area contributed by atoms with Crippen LogP contribution in [0.5, 0.6) is 0 Å². The molecule has 0 aromatic carbocycles. The van der Waals surface area contributed by atoms with E-state index in [0.29, 0.717) is 26.4 Å². The predicted molar refractivity (Wildman–Crippen MR) is 40.3 cm³/mol. The van der Waals surface area contributed by atoms with Gasteiger partial charge in [-0.3, -0.25) is 0 Å². The molecule has 1 saturated heterocycles. The molecule has 11 heavy (non-hydrogen) atoms. The number of hydrogen-bond donors (Lipinski definition) is 2. The van der Waals surface area contributed by atoms with Crippen LogP contribution in [0.25, 0.3) is 0 Å². The van der Waals surface area contributed by atoms with Gasteiger partial charge in [0.1, 0.15) is 5.60 Å². The fourth-order valence-electron chi connectivity index (χ4n) is 1.18. The normalized spacial score (nSPS) is 31.1. The van der Waals surface area contributed by atoms with E-state index in [2.05, 4.69) is 0 Å². The molecule has 0 aromatic heterocycles. The summed E-state index contributed by atoms with van der Waals surface area (Å²) in [5.74, 6) is 0. The Hall–Kier alpha value is -0.160. The van der Waals surface area contributed by atoms with Crippen LogP contribution in [0.15, 0.2) is 0 Å². The summed E-state index contributed by atoms with van der Waals surface area (Å²) in [4.78, 5) is 0. The van der Waals surface area contributed by atoms with E-state index in [4.69, 9.17) is 20.3 Å². The quantitative estimate of drug-likeness (QED) is 0.561. The van der Waals surface area contributed by atoms with Crippen LogP contribution in [0.2, 0.25) is 0 Å². The van der Waals surface area contributed by atoms with Gasteiger partial charge < -0.3 is 20.3 Å². The Balaban J connectivity index is 2.33. The number of ether oxygens (including phenoxy) is 2. The van der Waals surface area contributed by atoms with Crippen LogP contribution >= 0.6 is 0 Å². The molecule has 0 amide bonds. The number of aliphatic hydroxyl groups excluding tert-OH is 1. The van der Waals surface area contributed by atoms with Gasteiger partial charge in [-0.05, 0) is 0 Å². The van der Waals surface area contributed by atoms with Crippen LogP contribution in [0, 0.1) is 0 Å². The molecule has 0 unspecified atom stereocenters. The minimum absolute atomic E-state index is 0.0434. The molecule has 4 heteroatoms. The van der Waals surface area contributed by atoms with Gasteiger partial charge in [0, 0.05) is 19.6 Å². The molecule has 0 spiro atoms. The lowest BCUT2D eigenvalue weighted by atomic mass is 10.0. The first-order chi connectivity index (χ1) is 5.33. The van der Waals surface area contributed by atoms with Crippen molar-refractivity contribution in [3.05, 3.63) is 0 Å². The van der Waals surface area contributed by atoms with Gasteiger partial charge in [0.05, 0.1) is 19.8 Å². The molecular formula is C7H15NO3. The fourth-order valence-corrected chi connectivity index (χ4v) is 1.18. The molecule has 0 aliphatic carbocycles. The van der Waals surface area contributed by atoms with Gasteiger partial charge in [-0.1, -0.05) is 0 Å². The lowest BCUT2D eigenvalue weighted by Gasteiger charge is -2.25. The number of hydrogen-bond acceptors (Lipinski definition) is 4. The summed E-state index contributed by atoms with van der Waals surface area (Å²) in [5.41, 5.74) is 5.21. The average molecular weight is 161 g/mol. The highest BCUT2D eigenvalue weighted by Crippen LogP contribution is 2.21. The highest BCUT2D eigenvalue weighted by Gasteiger charge is 2.34. The molecule has 1 fully saturated rings. The molecule has 66 valence electrons. The summed E-state index contributed by atoms with van der Waals surface area (Å²) < 4.78 is 10.6. The van der Waals surface area contributed by atoms with Gasteiger partial charge >= 0.3 is 0 Å². The minimum Gasteiger partial charge on any atom is -0.394 e. The maximum atomic E-state index is 8.53. The van der Waals surface area contributed by atoms with Gasteiger partial charge in [-0.25, -0.2) is 0 Å². The van der Waals surface area contributed by atoms with Crippen molar-refractivity contribution < 1.29 is 14.6 Å².